The van der Waals surface area contributed by atoms with Crippen molar-refractivity contribution in [1.82, 2.24) is 5.32 Å². The Balaban J connectivity index is 2.18. The number of hydrogen-bond acceptors (Lipinski definition) is 4. The van der Waals surface area contributed by atoms with Gasteiger partial charge in [-0.05, 0) is 35.7 Å². The molecular weight excluding hydrogens is 366 g/mol. The maximum atomic E-state index is 11.7. The molecule has 2 aromatic carbocycles. The van der Waals surface area contributed by atoms with E-state index in [9.17, 15) is 4.79 Å². The van der Waals surface area contributed by atoms with Crippen molar-refractivity contribution in [2.45, 2.75) is 19.3 Å². The monoisotopic (exact) mass is 389 g/mol. The first-order chi connectivity index (χ1) is 13.0. The van der Waals surface area contributed by atoms with Crippen LogP contribution in [0.25, 0.3) is 11.1 Å². The topological polar surface area (TPSA) is 97.4 Å². The second kappa shape index (κ2) is 10.5. The van der Waals surface area contributed by atoms with E-state index in [1.54, 1.807) is 7.11 Å². The van der Waals surface area contributed by atoms with Crippen LogP contribution in [0.5, 0.6) is 5.75 Å². The summed E-state index contributed by atoms with van der Waals surface area (Å²) >= 11 is 6.12. The number of halogens is 1. The maximum Gasteiger partial charge on any atom is 0.226 e. The average Bonchev–Trinajstić information content (AvgIpc) is 2.63. The highest BCUT2D eigenvalue weighted by atomic mass is 35.5. The molecule has 0 saturated heterocycles. The summed E-state index contributed by atoms with van der Waals surface area (Å²) in [6.45, 7) is 1.15. The van der Waals surface area contributed by atoms with Gasteiger partial charge in [-0.3, -0.25) is 15.5 Å². The van der Waals surface area contributed by atoms with Crippen LogP contribution in [-0.4, -0.2) is 32.2 Å². The first-order valence-electron chi connectivity index (χ1n) is 8.64. The minimum absolute atomic E-state index is 0.235. The van der Waals surface area contributed by atoms with Gasteiger partial charge in [0.1, 0.15) is 5.75 Å². The van der Waals surface area contributed by atoms with Gasteiger partial charge in [-0.25, -0.2) is 0 Å². The summed E-state index contributed by atoms with van der Waals surface area (Å²) in [5.74, 6) is 0.0975. The zero-order valence-electron chi connectivity index (χ0n) is 15.3. The van der Waals surface area contributed by atoms with Crippen LogP contribution in [0, 0.1) is 5.41 Å². The second-order valence-electron chi connectivity index (χ2n) is 6.00. The van der Waals surface area contributed by atoms with Gasteiger partial charge < -0.3 is 15.2 Å². The molecule has 0 fully saturated rings. The number of benzene rings is 2. The van der Waals surface area contributed by atoms with Crippen molar-refractivity contribution >= 4 is 23.5 Å². The van der Waals surface area contributed by atoms with Gasteiger partial charge in [0, 0.05) is 37.1 Å². The van der Waals surface area contributed by atoms with Gasteiger partial charge in [0.2, 0.25) is 5.91 Å². The third-order valence-electron chi connectivity index (χ3n) is 3.85. The number of amides is 1. The Hall–Kier alpha value is -2.57. The van der Waals surface area contributed by atoms with Gasteiger partial charge in [0.05, 0.1) is 6.61 Å². The number of methoxy groups -OCH3 is 1. The minimum Gasteiger partial charge on any atom is -0.493 e. The highest BCUT2D eigenvalue weighted by Crippen LogP contribution is 2.33. The predicted molar refractivity (Wildman–Crippen MR) is 107 cm³/mol. The van der Waals surface area contributed by atoms with E-state index < -0.39 is 0 Å². The van der Waals surface area contributed by atoms with Crippen molar-refractivity contribution in [3.8, 4) is 16.9 Å². The SMILES string of the molecule is COCCCOc1cc(CCC(=O)NC(=N)N)ccc1-c1cccc(Cl)c1. The number of nitrogens with two attached hydrogens (primary N) is 1. The number of ether oxygens (including phenoxy) is 2. The lowest BCUT2D eigenvalue weighted by Gasteiger charge is -2.14. The molecule has 0 spiro atoms. The van der Waals surface area contributed by atoms with Gasteiger partial charge in [-0.2, -0.15) is 0 Å². The van der Waals surface area contributed by atoms with Crippen LogP contribution in [0.1, 0.15) is 18.4 Å². The van der Waals surface area contributed by atoms with Crippen molar-refractivity contribution in [3.63, 3.8) is 0 Å². The third-order valence-corrected chi connectivity index (χ3v) is 4.08. The Morgan fingerprint density at radius 1 is 1.22 bits per heavy atom. The lowest BCUT2D eigenvalue weighted by atomic mass is 10.0. The van der Waals surface area contributed by atoms with Crippen LogP contribution in [0.3, 0.4) is 0 Å². The molecule has 0 aromatic heterocycles. The van der Waals surface area contributed by atoms with Crippen LogP contribution in [0.2, 0.25) is 5.02 Å². The molecule has 2 rings (SSSR count). The number of aryl methyl sites for hydroxylation is 1. The zero-order valence-corrected chi connectivity index (χ0v) is 16.0. The molecule has 0 unspecified atom stereocenters. The number of nitrogens with one attached hydrogen (secondary N) is 2. The molecule has 27 heavy (non-hydrogen) atoms. The summed E-state index contributed by atoms with van der Waals surface area (Å²) in [6, 6.07) is 13.4. The Labute approximate surface area is 164 Å². The standard InChI is InChI=1S/C20H24ClN3O3/c1-26-10-3-11-27-18-12-14(7-9-19(25)24-20(22)23)6-8-17(18)15-4-2-5-16(21)13-15/h2,4-6,8,12-13H,3,7,9-11H2,1H3,(H4,22,23,24,25). The first kappa shape index (κ1) is 20.7. The Bertz CT molecular complexity index is 796. The zero-order chi connectivity index (χ0) is 19.6. The number of hydrogen-bond donors (Lipinski definition) is 3. The molecule has 1 amide bonds. The molecule has 0 bridgehead atoms. The molecule has 0 atom stereocenters. The lowest BCUT2D eigenvalue weighted by Crippen LogP contribution is -2.35. The molecule has 0 aliphatic heterocycles. The normalized spacial score (nSPS) is 10.4. The van der Waals surface area contributed by atoms with Crippen LogP contribution >= 0.6 is 11.6 Å². The molecule has 144 valence electrons. The fourth-order valence-corrected chi connectivity index (χ4v) is 2.78. The molecule has 0 aliphatic rings. The molecule has 2 aromatic rings. The molecule has 7 heteroatoms. The highest BCUT2D eigenvalue weighted by Gasteiger charge is 2.10. The van der Waals surface area contributed by atoms with Crippen molar-refractivity contribution in [2.75, 3.05) is 20.3 Å². The number of carbonyl (C=O) groups is 1. The smallest absolute Gasteiger partial charge is 0.226 e. The first-order valence-corrected chi connectivity index (χ1v) is 9.02. The fourth-order valence-electron chi connectivity index (χ4n) is 2.59. The molecule has 0 aliphatic carbocycles. The summed E-state index contributed by atoms with van der Waals surface area (Å²) in [5.41, 5.74) is 8.03. The average molecular weight is 390 g/mol. The van der Waals surface area contributed by atoms with Gasteiger partial charge in [0.15, 0.2) is 5.96 Å². The fraction of sp³-hybridized carbons (Fsp3) is 0.300. The van der Waals surface area contributed by atoms with Crippen LogP contribution < -0.4 is 15.8 Å². The number of guanidine groups is 1. The van der Waals surface area contributed by atoms with E-state index in [4.69, 9.17) is 32.2 Å². The summed E-state index contributed by atoms with van der Waals surface area (Å²) in [4.78, 5) is 11.7. The molecular formula is C20H24ClN3O3. The van der Waals surface area contributed by atoms with Gasteiger partial charge in [-0.15, -0.1) is 0 Å². The minimum atomic E-state index is -0.349. The Morgan fingerprint density at radius 2 is 2.04 bits per heavy atom. The molecule has 0 radical (unpaired) electrons. The summed E-state index contributed by atoms with van der Waals surface area (Å²) in [5, 5.41) is 10.0. The van der Waals surface area contributed by atoms with Crippen LogP contribution in [0.15, 0.2) is 42.5 Å². The lowest BCUT2D eigenvalue weighted by molar-refractivity contribution is -0.119. The van der Waals surface area contributed by atoms with E-state index in [2.05, 4.69) is 5.32 Å². The van der Waals surface area contributed by atoms with E-state index in [0.717, 1.165) is 28.9 Å². The number of rotatable bonds is 9. The molecule has 6 nitrogen and oxygen atoms in total. The number of carbonyl (C=O) groups excluding carboxylic acids is 1. The van der Waals surface area contributed by atoms with Crippen LogP contribution in [-0.2, 0) is 16.0 Å². The molecule has 0 saturated carbocycles. The van der Waals surface area contributed by atoms with Crippen LogP contribution in [0.4, 0.5) is 0 Å². The third kappa shape index (κ3) is 6.92. The van der Waals surface area contributed by atoms with E-state index >= 15 is 0 Å². The van der Waals surface area contributed by atoms with Gasteiger partial charge >= 0.3 is 0 Å². The summed E-state index contributed by atoms with van der Waals surface area (Å²) in [7, 11) is 1.66. The second-order valence-corrected chi connectivity index (χ2v) is 6.43. The summed E-state index contributed by atoms with van der Waals surface area (Å²) in [6.07, 6.45) is 1.53. The van der Waals surface area contributed by atoms with Gasteiger partial charge in [0.25, 0.3) is 0 Å². The quantitative estimate of drug-likeness (QED) is 0.348. The summed E-state index contributed by atoms with van der Waals surface area (Å²) < 4.78 is 11.0. The Kier molecular flexibility index (Phi) is 8.10. The van der Waals surface area contributed by atoms with Crippen molar-refractivity contribution in [3.05, 3.63) is 53.1 Å². The molecule has 4 N–H and O–H groups in total. The predicted octanol–water partition coefficient (Wildman–Crippen LogP) is 3.36. The van der Waals surface area contributed by atoms with Crippen molar-refractivity contribution in [2.24, 2.45) is 5.73 Å². The van der Waals surface area contributed by atoms with Crippen molar-refractivity contribution in [1.29, 1.82) is 5.41 Å². The van der Waals surface area contributed by atoms with E-state index in [-0.39, 0.29) is 18.3 Å². The van der Waals surface area contributed by atoms with E-state index in [1.165, 1.54) is 0 Å². The van der Waals surface area contributed by atoms with E-state index in [0.29, 0.717) is 24.7 Å². The van der Waals surface area contributed by atoms with Crippen molar-refractivity contribution < 1.29 is 14.3 Å². The van der Waals surface area contributed by atoms with Gasteiger partial charge in [-0.1, -0.05) is 35.9 Å². The largest absolute Gasteiger partial charge is 0.493 e. The highest BCUT2D eigenvalue weighted by molar-refractivity contribution is 6.30. The maximum absolute atomic E-state index is 11.7. The Morgan fingerprint density at radius 3 is 2.74 bits per heavy atom. The van der Waals surface area contributed by atoms with E-state index in [1.807, 2.05) is 42.5 Å². The molecule has 0 heterocycles.